The van der Waals surface area contributed by atoms with Gasteiger partial charge in [0.1, 0.15) is 5.75 Å². The summed E-state index contributed by atoms with van der Waals surface area (Å²) < 4.78 is 47.6. The zero-order chi connectivity index (χ0) is 22.0. The van der Waals surface area contributed by atoms with Gasteiger partial charge in [0.05, 0.1) is 12.5 Å². The maximum atomic E-state index is 12.4. The molecule has 2 N–H and O–H groups in total. The van der Waals surface area contributed by atoms with Crippen molar-refractivity contribution in [2.45, 2.75) is 12.9 Å². The molecule has 2 aromatic heterocycles. The number of fused-ring (bicyclic) bond motifs is 1. The molecule has 31 heavy (non-hydrogen) atoms. The summed E-state index contributed by atoms with van der Waals surface area (Å²) in [6.45, 7) is 0.478. The average molecular weight is 429 g/mol. The quantitative estimate of drug-likeness (QED) is 0.438. The molecular weight excluding hydrogens is 411 g/mol. The molecule has 9 heteroatoms. The van der Waals surface area contributed by atoms with Crippen molar-refractivity contribution in [3.8, 4) is 23.2 Å². The van der Waals surface area contributed by atoms with E-state index in [1.807, 2.05) is 30.3 Å². The smallest absolute Gasteiger partial charge is 0.494 e. The summed E-state index contributed by atoms with van der Waals surface area (Å²) in [5, 5.41) is 15.5. The van der Waals surface area contributed by atoms with Crippen molar-refractivity contribution in [1.82, 2.24) is 9.55 Å². The minimum atomic E-state index is -4.76. The van der Waals surface area contributed by atoms with Gasteiger partial charge in [-0.05, 0) is 42.0 Å². The van der Waals surface area contributed by atoms with Crippen LogP contribution >= 0.6 is 0 Å². The van der Waals surface area contributed by atoms with Crippen LogP contribution in [0.2, 0.25) is 0 Å². The summed E-state index contributed by atoms with van der Waals surface area (Å²) in [6.07, 6.45) is -1.40. The van der Waals surface area contributed by atoms with Crippen LogP contribution in [0.5, 0.6) is 17.5 Å². The second kappa shape index (κ2) is 8.10. The molecule has 0 radical (unpaired) electrons. The fourth-order valence-corrected chi connectivity index (χ4v) is 3.27. The predicted octanol–water partition coefficient (Wildman–Crippen LogP) is 5.25. The molecule has 0 aliphatic carbocycles. The van der Waals surface area contributed by atoms with E-state index < -0.39 is 6.36 Å². The largest absolute Gasteiger partial charge is 0.573 e. The number of aromatic hydroxyl groups is 1. The number of pyridine rings is 1. The normalized spacial score (nSPS) is 11.5. The average Bonchev–Trinajstić information content (AvgIpc) is 3.09. The lowest BCUT2D eigenvalue weighted by atomic mass is 10.1. The van der Waals surface area contributed by atoms with Crippen molar-refractivity contribution in [3.05, 3.63) is 72.6 Å². The number of anilines is 1. The Kier molecular flexibility index (Phi) is 5.33. The van der Waals surface area contributed by atoms with E-state index in [1.54, 1.807) is 19.5 Å². The van der Waals surface area contributed by atoms with Crippen LogP contribution in [-0.4, -0.2) is 28.1 Å². The van der Waals surface area contributed by atoms with Gasteiger partial charge < -0.3 is 19.9 Å². The second-order valence-corrected chi connectivity index (χ2v) is 6.69. The van der Waals surface area contributed by atoms with E-state index in [1.165, 1.54) is 28.8 Å². The van der Waals surface area contributed by atoms with Crippen molar-refractivity contribution < 1.29 is 27.8 Å². The summed E-state index contributed by atoms with van der Waals surface area (Å²) in [4.78, 5) is 4.07. The maximum Gasteiger partial charge on any atom is 0.573 e. The van der Waals surface area contributed by atoms with Gasteiger partial charge in [0.15, 0.2) is 0 Å². The van der Waals surface area contributed by atoms with E-state index in [0.29, 0.717) is 29.2 Å². The number of aromatic nitrogens is 2. The number of hydrogen-bond donors (Lipinski definition) is 2. The van der Waals surface area contributed by atoms with Crippen LogP contribution < -0.4 is 14.8 Å². The fraction of sp³-hybridized carbons (Fsp3) is 0.136. The summed E-state index contributed by atoms with van der Waals surface area (Å²) in [7, 11) is 1.54. The number of nitrogens with zero attached hydrogens (tertiary/aromatic N) is 2. The highest BCUT2D eigenvalue weighted by Crippen LogP contribution is 2.36. The van der Waals surface area contributed by atoms with Gasteiger partial charge in [0.2, 0.25) is 11.8 Å². The number of halogens is 3. The highest BCUT2D eigenvalue weighted by Gasteiger charge is 2.31. The molecule has 0 aliphatic rings. The Labute approximate surface area is 175 Å². The molecule has 0 saturated heterocycles. The van der Waals surface area contributed by atoms with Crippen LogP contribution in [0.25, 0.3) is 16.5 Å². The van der Waals surface area contributed by atoms with Crippen molar-refractivity contribution in [2.24, 2.45) is 0 Å². The molecule has 0 spiro atoms. The van der Waals surface area contributed by atoms with Crippen molar-refractivity contribution in [3.63, 3.8) is 0 Å². The lowest BCUT2D eigenvalue weighted by Gasteiger charge is -2.11. The highest BCUT2D eigenvalue weighted by atomic mass is 19.4. The Bertz CT molecular complexity index is 1200. The second-order valence-electron chi connectivity index (χ2n) is 6.69. The van der Waals surface area contributed by atoms with Gasteiger partial charge in [-0.1, -0.05) is 12.1 Å². The zero-order valence-electron chi connectivity index (χ0n) is 16.3. The van der Waals surface area contributed by atoms with Gasteiger partial charge in [-0.25, -0.2) is 4.98 Å². The highest BCUT2D eigenvalue weighted by molar-refractivity contribution is 5.99. The number of benzene rings is 2. The SMILES string of the molecule is COc1cc(CNc2cccc3cn(-c4ccc(OC(F)(F)F)cc4)c(O)c23)ccn1. The molecule has 4 aromatic rings. The number of nitrogens with one attached hydrogen (secondary N) is 1. The van der Waals surface area contributed by atoms with Crippen LogP contribution in [0.4, 0.5) is 18.9 Å². The zero-order valence-corrected chi connectivity index (χ0v) is 16.3. The monoisotopic (exact) mass is 429 g/mol. The van der Waals surface area contributed by atoms with Crippen LogP contribution in [0.15, 0.2) is 67.0 Å². The number of ether oxygens (including phenoxy) is 2. The minimum Gasteiger partial charge on any atom is -0.494 e. The van der Waals surface area contributed by atoms with Gasteiger partial charge in [0, 0.05) is 41.8 Å². The Morgan fingerprint density at radius 1 is 1.10 bits per heavy atom. The number of hydrogen-bond acceptors (Lipinski definition) is 5. The number of methoxy groups -OCH3 is 1. The first-order chi connectivity index (χ1) is 14.8. The van der Waals surface area contributed by atoms with Crippen LogP contribution in [0, 0.1) is 0 Å². The van der Waals surface area contributed by atoms with E-state index in [-0.39, 0.29) is 11.6 Å². The standard InChI is InChI=1S/C22H18F3N3O3/c1-30-19-11-14(9-10-26-19)12-27-18-4-2-3-15-13-28(21(29)20(15)18)16-5-7-17(8-6-16)31-22(23,24)25/h2-11,13,27,29H,12H2,1H3. The van der Waals surface area contributed by atoms with Crippen molar-refractivity contribution >= 4 is 16.5 Å². The Morgan fingerprint density at radius 3 is 2.58 bits per heavy atom. The molecule has 0 amide bonds. The lowest BCUT2D eigenvalue weighted by molar-refractivity contribution is -0.274. The van der Waals surface area contributed by atoms with Gasteiger partial charge in [-0.15, -0.1) is 13.2 Å². The van der Waals surface area contributed by atoms with Gasteiger partial charge >= 0.3 is 6.36 Å². The summed E-state index contributed by atoms with van der Waals surface area (Å²) in [6, 6.07) is 14.5. The maximum absolute atomic E-state index is 12.4. The van der Waals surface area contributed by atoms with Crippen LogP contribution in [0.1, 0.15) is 5.56 Å². The Hall–Kier alpha value is -3.88. The van der Waals surface area contributed by atoms with Crippen molar-refractivity contribution in [2.75, 3.05) is 12.4 Å². The minimum absolute atomic E-state index is 0.0325. The fourth-order valence-electron chi connectivity index (χ4n) is 3.27. The first-order valence-corrected chi connectivity index (χ1v) is 9.26. The molecule has 0 aliphatic heterocycles. The molecular formula is C22H18F3N3O3. The van der Waals surface area contributed by atoms with E-state index in [0.717, 1.165) is 10.9 Å². The molecule has 160 valence electrons. The van der Waals surface area contributed by atoms with E-state index in [9.17, 15) is 18.3 Å². The van der Waals surface area contributed by atoms with Gasteiger partial charge in [0.25, 0.3) is 0 Å². The molecule has 2 heterocycles. The molecule has 6 nitrogen and oxygen atoms in total. The van der Waals surface area contributed by atoms with Crippen LogP contribution in [0.3, 0.4) is 0 Å². The molecule has 4 rings (SSSR count). The third-order valence-corrected chi connectivity index (χ3v) is 4.66. The summed E-state index contributed by atoms with van der Waals surface area (Å²) >= 11 is 0. The van der Waals surface area contributed by atoms with Gasteiger partial charge in [-0.2, -0.15) is 0 Å². The molecule has 2 aromatic carbocycles. The van der Waals surface area contributed by atoms with E-state index in [2.05, 4.69) is 15.0 Å². The molecule has 0 saturated carbocycles. The number of rotatable bonds is 6. The third-order valence-electron chi connectivity index (χ3n) is 4.66. The van der Waals surface area contributed by atoms with Crippen LogP contribution in [-0.2, 0) is 6.54 Å². The predicted molar refractivity (Wildman–Crippen MR) is 110 cm³/mol. The Morgan fingerprint density at radius 2 is 1.87 bits per heavy atom. The molecule has 0 fully saturated rings. The first-order valence-electron chi connectivity index (χ1n) is 9.26. The third kappa shape index (κ3) is 4.50. The van der Waals surface area contributed by atoms with E-state index in [4.69, 9.17) is 4.74 Å². The topological polar surface area (TPSA) is 68.5 Å². The Balaban J connectivity index is 1.62. The summed E-state index contributed by atoms with van der Waals surface area (Å²) in [5.41, 5.74) is 2.15. The molecule has 0 atom stereocenters. The first kappa shape index (κ1) is 20.4. The van der Waals surface area contributed by atoms with Gasteiger partial charge in [-0.3, -0.25) is 4.57 Å². The number of alkyl halides is 3. The lowest BCUT2D eigenvalue weighted by Crippen LogP contribution is -2.17. The molecule has 0 unspecified atom stereocenters. The van der Waals surface area contributed by atoms with Crippen molar-refractivity contribution in [1.29, 1.82) is 0 Å². The van der Waals surface area contributed by atoms with E-state index >= 15 is 0 Å². The summed E-state index contributed by atoms with van der Waals surface area (Å²) in [5.74, 6) is 0.141. The molecule has 0 bridgehead atoms.